The van der Waals surface area contributed by atoms with Gasteiger partial charge in [0.25, 0.3) is 0 Å². The minimum Gasteiger partial charge on any atom is -0.391 e. The molecular formula is C17H25FN4O2. The fourth-order valence-electron chi connectivity index (χ4n) is 4.55. The zero-order chi connectivity index (χ0) is 16.7. The highest BCUT2D eigenvalue weighted by atomic mass is 19.1. The maximum Gasteiger partial charge on any atom is 0.183 e. The van der Waals surface area contributed by atoms with E-state index in [1.165, 1.54) is 6.20 Å². The predicted octanol–water partition coefficient (Wildman–Crippen LogP) is 0.832. The van der Waals surface area contributed by atoms with Crippen LogP contribution in [0.5, 0.6) is 0 Å². The molecule has 6 nitrogen and oxygen atoms in total. The summed E-state index contributed by atoms with van der Waals surface area (Å²) in [5.74, 6) is 1.54. The van der Waals surface area contributed by atoms with E-state index >= 15 is 0 Å². The lowest BCUT2D eigenvalue weighted by Crippen LogP contribution is -2.53. The van der Waals surface area contributed by atoms with Gasteiger partial charge in [0.2, 0.25) is 0 Å². The molecule has 1 aromatic rings. The zero-order valence-electron chi connectivity index (χ0n) is 14.1. The predicted molar refractivity (Wildman–Crippen MR) is 87.3 cm³/mol. The molecule has 3 heterocycles. The maximum absolute atomic E-state index is 14.1. The van der Waals surface area contributed by atoms with E-state index in [0.717, 1.165) is 52.2 Å². The van der Waals surface area contributed by atoms with E-state index in [9.17, 15) is 9.50 Å². The molecule has 4 atom stereocenters. The third kappa shape index (κ3) is 3.00. The second-order valence-corrected chi connectivity index (χ2v) is 7.27. The number of fused-ring (bicyclic) bond motifs is 1. The lowest BCUT2D eigenvalue weighted by Gasteiger charge is -2.43. The van der Waals surface area contributed by atoms with Crippen molar-refractivity contribution in [2.75, 3.05) is 44.3 Å². The van der Waals surface area contributed by atoms with Crippen LogP contribution in [-0.4, -0.2) is 71.5 Å². The van der Waals surface area contributed by atoms with Crippen LogP contribution in [0.4, 0.5) is 10.2 Å². The molecule has 0 bridgehead atoms. The molecule has 0 radical (unpaired) electrons. The Kier molecular flexibility index (Phi) is 4.40. The smallest absolute Gasteiger partial charge is 0.183 e. The number of morpholine rings is 1. The summed E-state index contributed by atoms with van der Waals surface area (Å²) >= 11 is 0. The summed E-state index contributed by atoms with van der Waals surface area (Å²) in [5, 5.41) is 10.6. The van der Waals surface area contributed by atoms with Crippen molar-refractivity contribution in [3.8, 4) is 0 Å². The van der Waals surface area contributed by atoms with E-state index in [1.807, 2.05) is 4.90 Å². The van der Waals surface area contributed by atoms with Gasteiger partial charge in [-0.25, -0.2) is 14.4 Å². The molecule has 1 N–H and O–H groups in total. The quantitative estimate of drug-likeness (QED) is 0.863. The largest absolute Gasteiger partial charge is 0.391 e. The van der Waals surface area contributed by atoms with Crippen LogP contribution < -0.4 is 4.90 Å². The summed E-state index contributed by atoms with van der Waals surface area (Å²) in [6.07, 6.45) is 2.70. The molecule has 0 amide bonds. The number of aliphatic hydroxyl groups excluding tert-OH is 1. The van der Waals surface area contributed by atoms with E-state index in [2.05, 4.69) is 14.9 Å². The minimum atomic E-state index is -0.357. The summed E-state index contributed by atoms with van der Waals surface area (Å²) < 4.78 is 19.5. The van der Waals surface area contributed by atoms with Crippen LogP contribution in [0.1, 0.15) is 18.7 Å². The first-order valence-electron chi connectivity index (χ1n) is 8.86. The van der Waals surface area contributed by atoms with Gasteiger partial charge >= 0.3 is 0 Å². The van der Waals surface area contributed by atoms with Gasteiger partial charge in [-0.15, -0.1) is 0 Å². The Hall–Kier alpha value is -1.31. The molecule has 3 aliphatic rings. The number of hydrogen-bond donors (Lipinski definition) is 1. The lowest BCUT2D eigenvalue weighted by atomic mass is 9.77. The maximum atomic E-state index is 14.1. The SMILES string of the molecule is Cc1ncc(F)c(N2C[C@H]3C[C@@H](N4CCOCC4)[C@H](O)C[C@H]3C2)n1. The summed E-state index contributed by atoms with van der Waals surface area (Å²) in [7, 11) is 0. The van der Waals surface area contributed by atoms with Crippen LogP contribution in [0.25, 0.3) is 0 Å². The molecule has 1 aromatic heterocycles. The van der Waals surface area contributed by atoms with Gasteiger partial charge in [-0.05, 0) is 31.6 Å². The summed E-state index contributed by atoms with van der Waals surface area (Å²) in [5.41, 5.74) is 0. The highest BCUT2D eigenvalue weighted by Gasteiger charge is 2.44. The van der Waals surface area contributed by atoms with Crippen molar-refractivity contribution < 1.29 is 14.2 Å². The first kappa shape index (κ1) is 16.2. The van der Waals surface area contributed by atoms with Crippen molar-refractivity contribution in [1.29, 1.82) is 0 Å². The summed E-state index contributed by atoms with van der Waals surface area (Å²) in [4.78, 5) is 12.6. The van der Waals surface area contributed by atoms with Crippen molar-refractivity contribution in [2.45, 2.75) is 31.9 Å². The monoisotopic (exact) mass is 336 g/mol. The van der Waals surface area contributed by atoms with Crippen molar-refractivity contribution in [1.82, 2.24) is 14.9 Å². The van der Waals surface area contributed by atoms with Crippen molar-refractivity contribution in [3.05, 3.63) is 17.8 Å². The van der Waals surface area contributed by atoms with E-state index in [-0.39, 0.29) is 18.0 Å². The summed E-state index contributed by atoms with van der Waals surface area (Å²) in [6.45, 7) is 6.63. The third-order valence-corrected chi connectivity index (χ3v) is 5.77. The lowest BCUT2D eigenvalue weighted by molar-refractivity contribution is -0.0520. The summed E-state index contributed by atoms with van der Waals surface area (Å²) in [6, 6.07) is 0.201. The number of aryl methyl sites for hydroxylation is 1. The zero-order valence-corrected chi connectivity index (χ0v) is 14.1. The van der Waals surface area contributed by atoms with Crippen LogP contribution in [-0.2, 0) is 4.74 Å². The van der Waals surface area contributed by atoms with Crippen molar-refractivity contribution in [3.63, 3.8) is 0 Å². The molecular weight excluding hydrogens is 311 g/mol. The van der Waals surface area contributed by atoms with Crippen LogP contribution >= 0.6 is 0 Å². The number of rotatable bonds is 2. The number of ether oxygens (including phenoxy) is 1. The fraction of sp³-hybridized carbons (Fsp3) is 0.765. The minimum absolute atomic E-state index is 0.201. The molecule has 7 heteroatoms. The van der Waals surface area contributed by atoms with Gasteiger partial charge in [0, 0.05) is 32.2 Å². The van der Waals surface area contributed by atoms with Crippen LogP contribution in [0.15, 0.2) is 6.20 Å². The molecule has 2 saturated heterocycles. The van der Waals surface area contributed by atoms with Gasteiger partial charge < -0.3 is 14.7 Å². The van der Waals surface area contributed by atoms with Gasteiger partial charge in [-0.3, -0.25) is 4.90 Å². The van der Waals surface area contributed by atoms with E-state index in [1.54, 1.807) is 6.92 Å². The standard InChI is InChI=1S/C17H25FN4O2/c1-11-19-8-14(18)17(20-11)22-9-12-6-15(16(23)7-13(12)10-22)21-2-4-24-5-3-21/h8,12-13,15-16,23H,2-7,9-10H2,1H3/t12-,13+,15-,16-/m1/s1. The van der Waals surface area contributed by atoms with E-state index < -0.39 is 0 Å². The van der Waals surface area contributed by atoms with Gasteiger partial charge in [-0.2, -0.15) is 0 Å². The Morgan fingerprint density at radius 2 is 1.92 bits per heavy atom. The molecule has 1 aliphatic carbocycles. The number of halogens is 1. The van der Waals surface area contributed by atoms with Crippen LogP contribution in [0.2, 0.25) is 0 Å². The Balaban J connectivity index is 1.48. The Morgan fingerprint density at radius 3 is 2.67 bits per heavy atom. The molecule has 0 aromatic carbocycles. The molecule has 0 spiro atoms. The molecule has 24 heavy (non-hydrogen) atoms. The topological polar surface area (TPSA) is 61.7 Å². The average Bonchev–Trinajstić information content (AvgIpc) is 2.99. The molecule has 4 rings (SSSR count). The second kappa shape index (κ2) is 6.54. The van der Waals surface area contributed by atoms with Gasteiger partial charge in [-0.1, -0.05) is 0 Å². The number of aromatic nitrogens is 2. The fourth-order valence-corrected chi connectivity index (χ4v) is 4.55. The molecule has 1 saturated carbocycles. The Bertz CT molecular complexity index is 596. The van der Waals surface area contributed by atoms with E-state index in [4.69, 9.17) is 4.74 Å². The Morgan fingerprint density at radius 1 is 1.21 bits per heavy atom. The number of anilines is 1. The molecule has 2 aliphatic heterocycles. The second-order valence-electron chi connectivity index (χ2n) is 7.27. The van der Waals surface area contributed by atoms with Crippen LogP contribution in [0, 0.1) is 24.6 Å². The number of hydrogen-bond acceptors (Lipinski definition) is 6. The molecule has 132 valence electrons. The number of nitrogens with zero attached hydrogens (tertiary/aromatic N) is 4. The highest BCUT2D eigenvalue weighted by Crippen LogP contribution is 2.40. The van der Waals surface area contributed by atoms with Gasteiger partial charge in [0.15, 0.2) is 11.6 Å². The van der Waals surface area contributed by atoms with Crippen LogP contribution in [0.3, 0.4) is 0 Å². The average molecular weight is 336 g/mol. The Labute approximate surface area is 141 Å². The van der Waals surface area contributed by atoms with E-state index in [0.29, 0.717) is 23.5 Å². The van der Waals surface area contributed by atoms with Crippen molar-refractivity contribution >= 4 is 5.82 Å². The first-order valence-corrected chi connectivity index (χ1v) is 8.86. The highest BCUT2D eigenvalue weighted by molar-refractivity contribution is 5.41. The first-order chi connectivity index (χ1) is 11.6. The third-order valence-electron chi connectivity index (χ3n) is 5.77. The number of aliphatic hydroxyl groups is 1. The normalized spacial score (nSPS) is 34.4. The van der Waals surface area contributed by atoms with Crippen molar-refractivity contribution in [2.24, 2.45) is 11.8 Å². The van der Waals surface area contributed by atoms with Gasteiger partial charge in [0.1, 0.15) is 5.82 Å². The molecule has 3 fully saturated rings. The van der Waals surface area contributed by atoms with Gasteiger partial charge in [0.05, 0.1) is 25.5 Å². The molecule has 0 unspecified atom stereocenters.